The van der Waals surface area contributed by atoms with Crippen molar-refractivity contribution >= 4 is 5.91 Å². The number of carbonyl (C=O) groups is 1. The average molecular weight is 941 g/mol. The molecule has 0 aliphatic carbocycles. The second kappa shape index (κ2) is 47.8. The molecule has 2 unspecified atom stereocenters. The van der Waals surface area contributed by atoms with Gasteiger partial charge in [-0.3, -0.25) is 4.79 Å². The van der Waals surface area contributed by atoms with Gasteiger partial charge < -0.3 is 40.3 Å². The molecule has 7 atom stereocenters. The van der Waals surface area contributed by atoms with Gasteiger partial charge in [0.25, 0.3) is 0 Å². The van der Waals surface area contributed by atoms with Gasteiger partial charge in [-0.2, -0.15) is 0 Å². The molecule has 66 heavy (non-hydrogen) atoms. The zero-order valence-electron chi connectivity index (χ0n) is 43.7. The van der Waals surface area contributed by atoms with Gasteiger partial charge in [0.1, 0.15) is 24.4 Å². The maximum Gasteiger partial charge on any atom is 0.220 e. The van der Waals surface area contributed by atoms with Crippen molar-refractivity contribution in [2.75, 3.05) is 13.2 Å². The van der Waals surface area contributed by atoms with Crippen LogP contribution in [0.3, 0.4) is 0 Å². The number of hydrogen-bond donors (Lipinski definition) is 6. The third-order valence-corrected chi connectivity index (χ3v) is 14.5. The molecule has 0 aromatic rings. The molecule has 1 aliphatic rings. The molecule has 0 aromatic carbocycles. The molecule has 0 bridgehead atoms. The van der Waals surface area contributed by atoms with Crippen LogP contribution in [0.15, 0.2) is 0 Å². The number of aliphatic hydroxyl groups excluding tert-OH is 5. The van der Waals surface area contributed by atoms with E-state index in [9.17, 15) is 30.3 Å². The van der Waals surface area contributed by atoms with Crippen LogP contribution in [0.5, 0.6) is 0 Å². The van der Waals surface area contributed by atoms with Crippen molar-refractivity contribution in [1.29, 1.82) is 0 Å². The van der Waals surface area contributed by atoms with E-state index >= 15 is 0 Å². The minimum atomic E-state index is -1.55. The lowest BCUT2D eigenvalue weighted by molar-refractivity contribution is -0.302. The van der Waals surface area contributed by atoms with E-state index in [2.05, 4.69) is 19.2 Å². The summed E-state index contributed by atoms with van der Waals surface area (Å²) >= 11 is 0. The van der Waals surface area contributed by atoms with Gasteiger partial charge in [0.05, 0.1) is 25.4 Å². The van der Waals surface area contributed by atoms with Gasteiger partial charge in [0.2, 0.25) is 5.91 Å². The molecule has 0 aromatic heterocycles. The monoisotopic (exact) mass is 940 g/mol. The van der Waals surface area contributed by atoms with Crippen LogP contribution in [0.2, 0.25) is 0 Å². The normalized spacial score (nSPS) is 19.7. The van der Waals surface area contributed by atoms with Crippen molar-refractivity contribution < 1.29 is 39.8 Å². The second-order valence-corrected chi connectivity index (χ2v) is 20.8. The molecule has 394 valence electrons. The molecular formula is C57H113NO8. The number of hydrogen-bond acceptors (Lipinski definition) is 8. The molecule has 0 radical (unpaired) electrons. The summed E-state index contributed by atoms with van der Waals surface area (Å²) in [6.07, 6.45) is 49.9. The summed E-state index contributed by atoms with van der Waals surface area (Å²) in [5.74, 6) is -0.136. The van der Waals surface area contributed by atoms with Gasteiger partial charge in [-0.05, 0) is 12.8 Å². The average Bonchev–Trinajstić information content (AvgIpc) is 3.32. The molecule has 1 aliphatic heterocycles. The summed E-state index contributed by atoms with van der Waals surface area (Å²) in [6, 6.07) is -0.713. The minimum absolute atomic E-state index is 0.131. The number of unbranched alkanes of at least 4 members (excludes halogenated alkanes) is 41. The lowest BCUT2D eigenvalue weighted by atomic mass is 9.99. The number of aliphatic hydroxyl groups is 5. The highest BCUT2D eigenvalue weighted by atomic mass is 16.7. The molecule has 1 rings (SSSR count). The Kier molecular flexibility index (Phi) is 45.8. The van der Waals surface area contributed by atoms with Crippen molar-refractivity contribution in [2.45, 2.75) is 346 Å². The number of rotatable bonds is 51. The predicted octanol–water partition coefficient (Wildman–Crippen LogP) is 14.2. The van der Waals surface area contributed by atoms with Crippen LogP contribution < -0.4 is 5.32 Å². The van der Waals surface area contributed by atoms with Crippen LogP contribution in [0.4, 0.5) is 0 Å². The Morgan fingerprint density at radius 3 is 1.08 bits per heavy atom. The Morgan fingerprint density at radius 1 is 0.455 bits per heavy atom. The van der Waals surface area contributed by atoms with Crippen LogP contribution in [0, 0.1) is 0 Å². The van der Waals surface area contributed by atoms with E-state index in [0.717, 1.165) is 38.5 Å². The van der Waals surface area contributed by atoms with Crippen LogP contribution in [0.25, 0.3) is 0 Å². The summed E-state index contributed by atoms with van der Waals surface area (Å²) in [6.45, 7) is 3.88. The van der Waals surface area contributed by atoms with E-state index < -0.39 is 49.5 Å². The Bertz CT molecular complexity index is 1000. The van der Waals surface area contributed by atoms with E-state index in [4.69, 9.17) is 9.47 Å². The Labute approximate surface area is 408 Å². The summed E-state index contributed by atoms with van der Waals surface area (Å²) < 4.78 is 11.3. The third-order valence-electron chi connectivity index (χ3n) is 14.5. The third kappa shape index (κ3) is 37.1. The van der Waals surface area contributed by atoms with Crippen molar-refractivity contribution in [3.8, 4) is 0 Å². The van der Waals surface area contributed by atoms with E-state index in [1.807, 2.05) is 0 Å². The van der Waals surface area contributed by atoms with Gasteiger partial charge in [-0.15, -0.1) is 0 Å². The van der Waals surface area contributed by atoms with Gasteiger partial charge in [0.15, 0.2) is 6.29 Å². The lowest BCUT2D eigenvalue weighted by Gasteiger charge is -2.40. The fraction of sp³-hybridized carbons (Fsp3) is 0.982. The number of carbonyl (C=O) groups excluding carboxylic acids is 1. The second-order valence-electron chi connectivity index (χ2n) is 20.8. The Hall–Kier alpha value is -0.810. The van der Waals surface area contributed by atoms with Crippen LogP contribution in [0.1, 0.15) is 303 Å². The van der Waals surface area contributed by atoms with Crippen molar-refractivity contribution in [3.05, 3.63) is 0 Å². The standard InChI is InChI=1S/C57H113NO8/c1-3-5-7-9-11-13-15-17-19-21-22-23-24-25-26-27-28-29-30-31-33-35-37-39-41-43-45-47-53(61)58-50(49-65-57-56(64)55(63)54(62)52(48-59)66-57)51(60)46-44-42-40-38-36-34-32-20-18-16-14-12-10-8-6-4-2/h50-52,54-57,59-60,62-64H,3-49H2,1-2H3,(H,58,61)/t50-,51+,52+,54+,55?,56?,57+/m0/s1. The molecule has 6 N–H and O–H groups in total. The fourth-order valence-electron chi connectivity index (χ4n) is 9.81. The van der Waals surface area contributed by atoms with Gasteiger partial charge in [-0.25, -0.2) is 0 Å². The molecule has 0 spiro atoms. The topological polar surface area (TPSA) is 149 Å². The van der Waals surface area contributed by atoms with Crippen LogP contribution in [-0.4, -0.2) is 87.5 Å². The van der Waals surface area contributed by atoms with E-state index in [-0.39, 0.29) is 12.5 Å². The smallest absolute Gasteiger partial charge is 0.220 e. The van der Waals surface area contributed by atoms with Gasteiger partial charge in [-0.1, -0.05) is 284 Å². The first-order valence-corrected chi connectivity index (χ1v) is 29.2. The molecule has 1 amide bonds. The lowest BCUT2D eigenvalue weighted by Crippen LogP contribution is -2.60. The van der Waals surface area contributed by atoms with Crippen molar-refractivity contribution in [3.63, 3.8) is 0 Å². The molecule has 0 saturated carbocycles. The minimum Gasteiger partial charge on any atom is -0.394 e. The zero-order valence-corrected chi connectivity index (χ0v) is 43.7. The quantitative estimate of drug-likeness (QED) is 0.0330. The predicted molar refractivity (Wildman–Crippen MR) is 277 cm³/mol. The highest BCUT2D eigenvalue weighted by Gasteiger charge is 2.44. The Morgan fingerprint density at radius 2 is 0.758 bits per heavy atom. The van der Waals surface area contributed by atoms with Crippen molar-refractivity contribution in [2.24, 2.45) is 0 Å². The summed E-state index contributed by atoms with van der Waals surface area (Å²) in [5, 5.41) is 54.6. The fourth-order valence-corrected chi connectivity index (χ4v) is 9.81. The highest BCUT2D eigenvalue weighted by Crippen LogP contribution is 2.23. The molecule has 9 nitrogen and oxygen atoms in total. The zero-order chi connectivity index (χ0) is 48.0. The van der Waals surface area contributed by atoms with Crippen LogP contribution >= 0.6 is 0 Å². The first-order chi connectivity index (χ1) is 32.3. The largest absolute Gasteiger partial charge is 0.394 e. The maximum absolute atomic E-state index is 13.1. The van der Waals surface area contributed by atoms with E-state index in [0.29, 0.717) is 12.8 Å². The summed E-state index contributed by atoms with van der Waals surface area (Å²) in [4.78, 5) is 13.1. The highest BCUT2D eigenvalue weighted by molar-refractivity contribution is 5.76. The first-order valence-electron chi connectivity index (χ1n) is 29.2. The SMILES string of the molecule is CCCCCCCCCCCCCCCCCCCCCCCCCCCCCC(=O)N[C@@H](CO[C@@H]1O[C@H](CO)[C@@H](O)C(O)C1O)[C@H](O)CCCCCCCCCCCCCCCCCC. The van der Waals surface area contributed by atoms with E-state index in [1.165, 1.54) is 238 Å². The summed E-state index contributed by atoms with van der Waals surface area (Å²) in [7, 11) is 0. The molecule has 9 heteroatoms. The molecule has 1 fully saturated rings. The van der Waals surface area contributed by atoms with Crippen molar-refractivity contribution in [1.82, 2.24) is 5.32 Å². The van der Waals surface area contributed by atoms with Gasteiger partial charge >= 0.3 is 0 Å². The number of nitrogens with one attached hydrogen (secondary N) is 1. The molecule has 1 saturated heterocycles. The first kappa shape index (κ1) is 63.2. The Balaban J connectivity index is 2.15. The number of amides is 1. The molecule has 1 heterocycles. The van der Waals surface area contributed by atoms with E-state index in [1.54, 1.807) is 0 Å². The van der Waals surface area contributed by atoms with Gasteiger partial charge in [0, 0.05) is 6.42 Å². The van der Waals surface area contributed by atoms with Crippen LogP contribution in [-0.2, 0) is 14.3 Å². The summed E-state index contributed by atoms with van der Waals surface area (Å²) in [5.41, 5.74) is 0. The maximum atomic E-state index is 13.1. The number of ether oxygens (including phenoxy) is 2. The molecular weight excluding hydrogens is 827 g/mol.